The first-order chi connectivity index (χ1) is 12.8. The highest BCUT2D eigenvalue weighted by atomic mass is 19.4. The third-order valence-electron chi connectivity index (χ3n) is 4.08. The molecule has 2 rings (SSSR count). The second kappa shape index (κ2) is 9.01. The minimum Gasteiger partial charge on any atom is -0.479 e. The summed E-state index contributed by atoms with van der Waals surface area (Å²) in [7, 11) is 1.32. The van der Waals surface area contributed by atoms with Gasteiger partial charge in [0.2, 0.25) is 5.88 Å². The standard InChI is InChI=1S/C19H23F4N3O/c1-4-6-7-10-24-17-15(5-2)25-16(18(26-17)27-3)13-9-8-12(20)11-14(13)19(21,22)23/h8-9,11H,4-7,10H2,1-3H3,(H,24,26). The first-order valence-electron chi connectivity index (χ1n) is 8.87. The van der Waals surface area contributed by atoms with E-state index in [-0.39, 0.29) is 17.1 Å². The van der Waals surface area contributed by atoms with E-state index in [0.29, 0.717) is 30.5 Å². The van der Waals surface area contributed by atoms with Crippen LogP contribution in [0.4, 0.5) is 23.4 Å². The first kappa shape index (κ1) is 20.9. The summed E-state index contributed by atoms with van der Waals surface area (Å²) < 4.78 is 58.7. The zero-order chi connectivity index (χ0) is 20.0. The summed E-state index contributed by atoms with van der Waals surface area (Å²) in [5, 5.41) is 3.17. The molecule has 27 heavy (non-hydrogen) atoms. The normalized spacial score (nSPS) is 11.5. The molecule has 0 amide bonds. The Hall–Kier alpha value is -2.38. The lowest BCUT2D eigenvalue weighted by molar-refractivity contribution is -0.137. The molecule has 0 bridgehead atoms. The van der Waals surface area contributed by atoms with Crippen LogP contribution in [0, 0.1) is 5.82 Å². The van der Waals surface area contributed by atoms with Crippen molar-refractivity contribution < 1.29 is 22.3 Å². The van der Waals surface area contributed by atoms with Crippen molar-refractivity contribution in [3.63, 3.8) is 0 Å². The summed E-state index contributed by atoms with van der Waals surface area (Å²) in [6.07, 6.45) is -1.18. The Labute approximate surface area is 156 Å². The van der Waals surface area contributed by atoms with Crippen molar-refractivity contribution in [1.82, 2.24) is 9.97 Å². The summed E-state index contributed by atoms with van der Waals surface area (Å²) in [6.45, 7) is 4.62. The molecular weight excluding hydrogens is 362 g/mol. The fraction of sp³-hybridized carbons (Fsp3) is 0.474. The lowest BCUT2D eigenvalue weighted by Gasteiger charge is -2.17. The highest BCUT2D eigenvalue weighted by Gasteiger charge is 2.35. The summed E-state index contributed by atoms with van der Waals surface area (Å²) >= 11 is 0. The van der Waals surface area contributed by atoms with E-state index in [9.17, 15) is 17.6 Å². The molecule has 2 aromatic rings. The van der Waals surface area contributed by atoms with Crippen LogP contribution in [0.5, 0.6) is 5.88 Å². The van der Waals surface area contributed by atoms with Crippen molar-refractivity contribution in [1.29, 1.82) is 0 Å². The van der Waals surface area contributed by atoms with Crippen LogP contribution in [0.2, 0.25) is 0 Å². The monoisotopic (exact) mass is 385 g/mol. The molecule has 4 nitrogen and oxygen atoms in total. The number of unbranched alkanes of at least 4 members (excludes halogenated alkanes) is 2. The Morgan fingerprint density at radius 2 is 1.85 bits per heavy atom. The van der Waals surface area contributed by atoms with Gasteiger partial charge in [0.05, 0.1) is 18.4 Å². The molecule has 0 spiro atoms. The zero-order valence-electron chi connectivity index (χ0n) is 15.6. The van der Waals surface area contributed by atoms with E-state index in [2.05, 4.69) is 22.2 Å². The van der Waals surface area contributed by atoms with Gasteiger partial charge in [-0.15, -0.1) is 0 Å². The van der Waals surface area contributed by atoms with Crippen LogP contribution in [-0.2, 0) is 12.6 Å². The van der Waals surface area contributed by atoms with Crippen LogP contribution in [0.3, 0.4) is 0 Å². The number of aryl methyl sites for hydroxylation is 1. The summed E-state index contributed by atoms with van der Waals surface area (Å²) in [5.41, 5.74) is -0.901. The van der Waals surface area contributed by atoms with Crippen LogP contribution < -0.4 is 10.1 Å². The van der Waals surface area contributed by atoms with Gasteiger partial charge in [-0.05, 0) is 31.0 Å². The number of ether oxygens (including phenoxy) is 1. The molecule has 1 aromatic heterocycles. The van der Waals surface area contributed by atoms with E-state index in [1.807, 2.05) is 6.92 Å². The van der Waals surface area contributed by atoms with E-state index in [1.54, 1.807) is 0 Å². The molecule has 0 aliphatic carbocycles. The Morgan fingerprint density at radius 1 is 1.11 bits per heavy atom. The van der Waals surface area contributed by atoms with E-state index >= 15 is 0 Å². The van der Waals surface area contributed by atoms with E-state index in [4.69, 9.17) is 4.74 Å². The van der Waals surface area contributed by atoms with Gasteiger partial charge in [-0.1, -0.05) is 26.7 Å². The van der Waals surface area contributed by atoms with Gasteiger partial charge in [-0.3, -0.25) is 0 Å². The van der Waals surface area contributed by atoms with Crippen molar-refractivity contribution >= 4 is 5.82 Å². The number of hydrogen-bond acceptors (Lipinski definition) is 4. The minimum atomic E-state index is -4.73. The summed E-state index contributed by atoms with van der Waals surface area (Å²) in [4.78, 5) is 8.69. The molecule has 148 valence electrons. The SMILES string of the molecule is CCCCCNc1nc(OC)c(-c2ccc(F)cc2C(F)(F)F)nc1CC. The summed E-state index contributed by atoms with van der Waals surface area (Å²) in [5.74, 6) is -0.518. The van der Waals surface area contributed by atoms with Gasteiger partial charge in [0.25, 0.3) is 0 Å². The van der Waals surface area contributed by atoms with Gasteiger partial charge in [-0.25, -0.2) is 9.37 Å². The predicted molar refractivity (Wildman–Crippen MR) is 96.4 cm³/mol. The molecule has 0 aliphatic heterocycles. The number of benzene rings is 1. The van der Waals surface area contributed by atoms with Crippen LogP contribution in [0.1, 0.15) is 44.4 Å². The second-order valence-electron chi connectivity index (χ2n) is 6.05. The number of rotatable bonds is 8. The Kier molecular flexibility index (Phi) is 6.98. The van der Waals surface area contributed by atoms with Crippen molar-refractivity contribution in [2.24, 2.45) is 0 Å². The van der Waals surface area contributed by atoms with Gasteiger partial charge in [-0.2, -0.15) is 18.2 Å². The maximum absolute atomic E-state index is 13.4. The van der Waals surface area contributed by atoms with E-state index < -0.39 is 17.6 Å². The number of hydrogen-bond donors (Lipinski definition) is 1. The zero-order valence-corrected chi connectivity index (χ0v) is 15.6. The Bertz CT molecular complexity index is 778. The minimum absolute atomic E-state index is 0.0395. The van der Waals surface area contributed by atoms with Crippen LogP contribution in [0.15, 0.2) is 18.2 Å². The van der Waals surface area contributed by atoms with E-state index in [0.717, 1.165) is 31.4 Å². The van der Waals surface area contributed by atoms with Gasteiger partial charge < -0.3 is 10.1 Å². The van der Waals surface area contributed by atoms with Crippen LogP contribution >= 0.6 is 0 Å². The molecule has 0 unspecified atom stereocenters. The Balaban J connectivity index is 2.52. The fourth-order valence-electron chi connectivity index (χ4n) is 2.70. The molecule has 0 saturated heterocycles. The number of nitrogens with one attached hydrogen (secondary N) is 1. The van der Waals surface area contributed by atoms with Crippen molar-refractivity contribution in [2.75, 3.05) is 19.0 Å². The topological polar surface area (TPSA) is 47.0 Å². The number of halogens is 4. The molecule has 0 radical (unpaired) electrons. The van der Waals surface area contributed by atoms with Gasteiger partial charge in [0.15, 0.2) is 5.82 Å². The van der Waals surface area contributed by atoms with E-state index in [1.165, 1.54) is 7.11 Å². The van der Waals surface area contributed by atoms with Crippen molar-refractivity contribution in [3.05, 3.63) is 35.3 Å². The average molecular weight is 385 g/mol. The van der Waals surface area contributed by atoms with Gasteiger partial charge >= 0.3 is 6.18 Å². The molecule has 1 N–H and O–H groups in total. The lowest BCUT2D eigenvalue weighted by Crippen LogP contribution is -2.12. The smallest absolute Gasteiger partial charge is 0.417 e. The number of anilines is 1. The average Bonchev–Trinajstić information content (AvgIpc) is 2.64. The molecule has 0 saturated carbocycles. The lowest BCUT2D eigenvalue weighted by atomic mass is 10.0. The largest absolute Gasteiger partial charge is 0.479 e. The molecule has 0 fully saturated rings. The van der Waals surface area contributed by atoms with Crippen molar-refractivity contribution in [2.45, 2.75) is 45.7 Å². The number of nitrogens with zero attached hydrogens (tertiary/aromatic N) is 2. The van der Waals surface area contributed by atoms with Gasteiger partial charge in [0, 0.05) is 12.1 Å². The number of alkyl halides is 3. The first-order valence-corrected chi connectivity index (χ1v) is 8.87. The highest BCUT2D eigenvalue weighted by Crippen LogP contribution is 2.40. The number of methoxy groups -OCH3 is 1. The molecule has 1 heterocycles. The maximum atomic E-state index is 13.4. The highest BCUT2D eigenvalue weighted by molar-refractivity contribution is 5.70. The van der Waals surface area contributed by atoms with Crippen LogP contribution in [0.25, 0.3) is 11.3 Å². The third kappa shape index (κ3) is 5.08. The number of aromatic nitrogens is 2. The quantitative estimate of drug-likeness (QED) is 0.483. The molecule has 0 atom stereocenters. The molecular formula is C19H23F4N3O. The Morgan fingerprint density at radius 3 is 2.44 bits per heavy atom. The molecule has 1 aromatic carbocycles. The third-order valence-corrected chi connectivity index (χ3v) is 4.08. The summed E-state index contributed by atoms with van der Waals surface area (Å²) in [6, 6.07) is 2.48. The van der Waals surface area contributed by atoms with Crippen LogP contribution in [-0.4, -0.2) is 23.6 Å². The van der Waals surface area contributed by atoms with Gasteiger partial charge in [0.1, 0.15) is 11.5 Å². The maximum Gasteiger partial charge on any atom is 0.417 e. The fourth-order valence-corrected chi connectivity index (χ4v) is 2.70. The molecule has 0 aliphatic rings. The second-order valence-corrected chi connectivity index (χ2v) is 6.05. The molecule has 8 heteroatoms. The predicted octanol–water partition coefficient (Wildman–Crippen LogP) is 5.47. The van der Waals surface area contributed by atoms with Crippen molar-refractivity contribution in [3.8, 4) is 17.1 Å².